The van der Waals surface area contributed by atoms with Gasteiger partial charge in [-0.15, -0.1) is 0 Å². The third-order valence-corrected chi connectivity index (χ3v) is 4.55. The second-order valence-electron chi connectivity index (χ2n) is 6.73. The predicted octanol–water partition coefficient (Wildman–Crippen LogP) is 4.28. The lowest BCUT2D eigenvalue weighted by Gasteiger charge is -2.06. The van der Waals surface area contributed by atoms with Gasteiger partial charge in [0.2, 0.25) is 0 Å². The van der Waals surface area contributed by atoms with Crippen LogP contribution in [0, 0.1) is 6.92 Å². The molecule has 0 heterocycles. The molecule has 0 spiro atoms. The number of phenolic OH excluding ortho intramolecular Hbond substituents is 7. The molecule has 0 unspecified atom stereocenters. The van der Waals surface area contributed by atoms with Gasteiger partial charge < -0.3 is 35.7 Å². The fourth-order valence-electron chi connectivity index (χ4n) is 2.77. The van der Waals surface area contributed by atoms with E-state index in [4.69, 9.17) is 0 Å². The lowest BCUT2D eigenvalue weighted by molar-refractivity contribution is 0.368. The summed E-state index contributed by atoms with van der Waals surface area (Å²) in [5.41, 5.74) is 1.95. The van der Waals surface area contributed by atoms with Crippen molar-refractivity contribution >= 4 is 24.3 Å². The van der Waals surface area contributed by atoms with Gasteiger partial charge in [-0.05, 0) is 48.4 Å². The summed E-state index contributed by atoms with van der Waals surface area (Å²) < 4.78 is 0. The zero-order valence-corrected chi connectivity index (χ0v) is 15.9. The molecule has 3 rings (SSSR count). The number of aromatic hydroxyl groups is 7. The smallest absolute Gasteiger partial charge is 0.200 e. The van der Waals surface area contributed by atoms with Crippen LogP contribution in [0.25, 0.3) is 24.3 Å². The van der Waals surface area contributed by atoms with Gasteiger partial charge in [-0.25, -0.2) is 0 Å². The summed E-state index contributed by atoms with van der Waals surface area (Å²) in [5.74, 6) is -2.10. The minimum absolute atomic E-state index is 0.0615. The van der Waals surface area contributed by atoms with E-state index in [1.165, 1.54) is 42.5 Å². The van der Waals surface area contributed by atoms with Gasteiger partial charge in [-0.1, -0.05) is 24.3 Å². The molecule has 0 aliphatic carbocycles. The molecular weight excluding hydrogens is 388 g/mol. The number of hydrogen-bond donors (Lipinski definition) is 7. The Kier molecular flexibility index (Phi) is 5.46. The molecule has 7 N–H and O–H groups in total. The second kappa shape index (κ2) is 8.00. The first-order chi connectivity index (χ1) is 14.2. The minimum Gasteiger partial charge on any atom is -0.508 e. The molecule has 3 aromatic rings. The molecule has 0 aromatic heterocycles. The van der Waals surface area contributed by atoms with Crippen molar-refractivity contribution in [3.05, 3.63) is 64.2 Å². The molecule has 0 saturated carbocycles. The zero-order valence-electron chi connectivity index (χ0n) is 15.9. The topological polar surface area (TPSA) is 142 Å². The van der Waals surface area contributed by atoms with Crippen LogP contribution in [-0.4, -0.2) is 35.7 Å². The maximum atomic E-state index is 10.1. The number of hydrogen-bond acceptors (Lipinski definition) is 7. The molecule has 0 aliphatic heterocycles. The molecule has 0 radical (unpaired) electrons. The third kappa shape index (κ3) is 4.25. The van der Waals surface area contributed by atoms with E-state index in [9.17, 15) is 35.7 Å². The average molecular weight is 408 g/mol. The molecule has 7 nitrogen and oxygen atoms in total. The van der Waals surface area contributed by atoms with Gasteiger partial charge >= 0.3 is 0 Å². The van der Waals surface area contributed by atoms with Gasteiger partial charge in [0.1, 0.15) is 23.0 Å². The van der Waals surface area contributed by atoms with E-state index in [0.717, 1.165) is 6.07 Å². The van der Waals surface area contributed by atoms with E-state index >= 15 is 0 Å². The highest BCUT2D eigenvalue weighted by molar-refractivity contribution is 5.80. The van der Waals surface area contributed by atoms with E-state index in [2.05, 4.69) is 0 Å². The molecule has 0 atom stereocenters. The first kappa shape index (κ1) is 20.5. The maximum absolute atomic E-state index is 10.1. The van der Waals surface area contributed by atoms with Crippen molar-refractivity contribution in [1.29, 1.82) is 0 Å². The summed E-state index contributed by atoms with van der Waals surface area (Å²) in [6, 6.07) is 8.07. The molecule has 0 aliphatic rings. The van der Waals surface area contributed by atoms with Gasteiger partial charge in [-0.3, -0.25) is 0 Å². The zero-order chi connectivity index (χ0) is 22.0. The Labute approximate surface area is 172 Å². The first-order valence-corrected chi connectivity index (χ1v) is 8.85. The van der Waals surface area contributed by atoms with Crippen LogP contribution in [0.2, 0.25) is 0 Å². The van der Waals surface area contributed by atoms with E-state index < -0.39 is 17.2 Å². The summed E-state index contributed by atoms with van der Waals surface area (Å²) in [6.45, 7) is 1.58. The van der Waals surface area contributed by atoms with E-state index in [1.807, 2.05) is 0 Å². The molecule has 7 heteroatoms. The van der Waals surface area contributed by atoms with Crippen molar-refractivity contribution in [2.24, 2.45) is 0 Å². The quantitative estimate of drug-likeness (QED) is 0.252. The fourth-order valence-corrected chi connectivity index (χ4v) is 2.77. The van der Waals surface area contributed by atoms with Crippen molar-refractivity contribution in [3.8, 4) is 40.2 Å². The first-order valence-electron chi connectivity index (χ1n) is 8.85. The van der Waals surface area contributed by atoms with Crippen molar-refractivity contribution < 1.29 is 35.7 Å². The summed E-state index contributed by atoms with van der Waals surface area (Å²) in [4.78, 5) is 0. The second-order valence-corrected chi connectivity index (χ2v) is 6.73. The number of phenols is 7. The Hall–Kier alpha value is -4.26. The summed E-state index contributed by atoms with van der Waals surface area (Å²) in [6.07, 6.45) is 6.12. The van der Waals surface area contributed by atoms with E-state index in [0.29, 0.717) is 27.8 Å². The third-order valence-electron chi connectivity index (χ3n) is 4.55. The van der Waals surface area contributed by atoms with Gasteiger partial charge in [-0.2, -0.15) is 0 Å². The van der Waals surface area contributed by atoms with Crippen LogP contribution >= 0.6 is 0 Å². The van der Waals surface area contributed by atoms with Crippen molar-refractivity contribution in [2.45, 2.75) is 6.92 Å². The van der Waals surface area contributed by atoms with Crippen LogP contribution in [0.1, 0.15) is 27.8 Å². The van der Waals surface area contributed by atoms with Crippen molar-refractivity contribution in [2.75, 3.05) is 0 Å². The number of benzene rings is 3. The summed E-state index contributed by atoms with van der Waals surface area (Å²) in [7, 11) is 0. The molecule has 30 heavy (non-hydrogen) atoms. The van der Waals surface area contributed by atoms with Gasteiger partial charge in [0.15, 0.2) is 17.2 Å². The van der Waals surface area contributed by atoms with Gasteiger partial charge in [0, 0.05) is 22.8 Å². The van der Waals surface area contributed by atoms with Gasteiger partial charge in [0.05, 0.1) is 0 Å². The largest absolute Gasteiger partial charge is 0.508 e. The molecule has 0 fully saturated rings. The standard InChI is InChI=1S/C23H20O7/c1-12-17(24)6-13(7-18(12)25)2-4-15-10-16(20(27)11-19(15)26)5-3-14-8-21(28)23(30)22(29)9-14/h2-11,24-30H,1H3/b4-2+,5-3+. The van der Waals surface area contributed by atoms with Crippen LogP contribution < -0.4 is 0 Å². The normalized spacial score (nSPS) is 11.5. The van der Waals surface area contributed by atoms with Crippen molar-refractivity contribution in [1.82, 2.24) is 0 Å². The number of rotatable bonds is 4. The monoisotopic (exact) mass is 408 g/mol. The van der Waals surface area contributed by atoms with Crippen molar-refractivity contribution in [3.63, 3.8) is 0 Å². The average Bonchev–Trinajstić information content (AvgIpc) is 2.68. The highest BCUT2D eigenvalue weighted by atomic mass is 16.3. The van der Waals surface area contributed by atoms with Crippen LogP contribution in [0.4, 0.5) is 0 Å². The highest BCUT2D eigenvalue weighted by Crippen LogP contribution is 2.36. The SMILES string of the molecule is Cc1c(O)cc(/C=C/c2cc(/C=C/c3cc(O)c(O)c(O)c3)c(O)cc2O)cc1O. The summed E-state index contributed by atoms with van der Waals surface area (Å²) >= 11 is 0. The van der Waals surface area contributed by atoms with Crippen LogP contribution in [0.3, 0.4) is 0 Å². The lowest BCUT2D eigenvalue weighted by Crippen LogP contribution is -1.82. The van der Waals surface area contributed by atoms with Crippen LogP contribution in [0.5, 0.6) is 40.2 Å². The highest BCUT2D eigenvalue weighted by Gasteiger charge is 2.09. The Bertz CT molecular complexity index is 1040. The molecule has 0 bridgehead atoms. The molecule has 154 valence electrons. The van der Waals surface area contributed by atoms with Gasteiger partial charge in [0.25, 0.3) is 0 Å². The fraction of sp³-hybridized carbons (Fsp3) is 0.0435. The molecule has 3 aromatic carbocycles. The predicted molar refractivity (Wildman–Crippen MR) is 114 cm³/mol. The van der Waals surface area contributed by atoms with E-state index in [-0.39, 0.29) is 23.0 Å². The Morgan fingerprint density at radius 1 is 0.467 bits per heavy atom. The lowest BCUT2D eigenvalue weighted by atomic mass is 10.0. The van der Waals surface area contributed by atoms with Crippen LogP contribution in [-0.2, 0) is 0 Å². The Balaban J connectivity index is 1.93. The maximum Gasteiger partial charge on any atom is 0.200 e. The van der Waals surface area contributed by atoms with Crippen LogP contribution in [0.15, 0.2) is 36.4 Å². The molecular formula is C23H20O7. The Morgan fingerprint density at radius 2 is 0.867 bits per heavy atom. The summed E-state index contributed by atoms with van der Waals surface area (Å²) in [5, 5.41) is 68.4. The minimum atomic E-state index is -0.625. The molecule has 0 amide bonds. The van der Waals surface area contributed by atoms with E-state index in [1.54, 1.807) is 19.1 Å². The Morgan fingerprint density at radius 3 is 1.30 bits per heavy atom. The molecule has 0 saturated heterocycles.